The standard InChI is InChI=1S/C19H31N3O2/c1-4-15-24-16-9-8-13-22(14-12-16)19(23)20-17-10-6-7-11-18(17)21(3)5-2/h6-7,10-11,16H,4-5,8-9,12-15H2,1-3H3,(H,20,23). The number of carbonyl (C=O) groups is 1. The second-order valence-electron chi connectivity index (χ2n) is 6.37. The maximum atomic E-state index is 12.7. The van der Waals surface area contributed by atoms with E-state index in [1.165, 1.54) is 0 Å². The Morgan fingerprint density at radius 2 is 2.08 bits per heavy atom. The molecule has 1 aliphatic heterocycles. The first-order valence-corrected chi connectivity index (χ1v) is 9.13. The van der Waals surface area contributed by atoms with Gasteiger partial charge in [-0.3, -0.25) is 0 Å². The number of anilines is 2. The summed E-state index contributed by atoms with van der Waals surface area (Å²) in [6.07, 6.45) is 4.30. The molecule has 1 N–H and O–H groups in total. The predicted molar refractivity (Wildman–Crippen MR) is 99.9 cm³/mol. The number of rotatable bonds is 6. The van der Waals surface area contributed by atoms with Crippen molar-refractivity contribution in [1.82, 2.24) is 4.90 Å². The number of ether oxygens (including phenoxy) is 1. The Kier molecular flexibility index (Phi) is 7.37. The molecule has 0 saturated carbocycles. The number of hydrogen-bond donors (Lipinski definition) is 1. The molecule has 0 bridgehead atoms. The molecule has 0 spiro atoms. The second-order valence-corrected chi connectivity index (χ2v) is 6.37. The third kappa shape index (κ3) is 5.13. The molecule has 1 heterocycles. The lowest BCUT2D eigenvalue weighted by molar-refractivity contribution is 0.0446. The Morgan fingerprint density at radius 3 is 2.83 bits per heavy atom. The summed E-state index contributed by atoms with van der Waals surface area (Å²) in [6.45, 7) is 7.49. The summed E-state index contributed by atoms with van der Waals surface area (Å²) in [4.78, 5) is 16.7. The summed E-state index contributed by atoms with van der Waals surface area (Å²) in [6, 6.07) is 7.95. The Balaban J connectivity index is 1.95. The minimum Gasteiger partial charge on any atom is -0.378 e. The van der Waals surface area contributed by atoms with Crippen LogP contribution >= 0.6 is 0 Å². The van der Waals surface area contributed by atoms with Crippen LogP contribution < -0.4 is 10.2 Å². The van der Waals surface area contributed by atoms with Gasteiger partial charge in [0, 0.05) is 33.3 Å². The van der Waals surface area contributed by atoms with E-state index in [0.29, 0.717) is 6.10 Å². The number of benzene rings is 1. The van der Waals surface area contributed by atoms with Crippen molar-refractivity contribution in [3.8, 4) is 0 Å². The third-order valence-electron chi connectivity index (χ3n) is 4.55. The summed E-state index contributed by atoms with van der Waals surface area (Å²) in [5.41, 5.74) is 1.92. The van der Waals surface area contributed by atoms with Gasteiger partial charge in [0.05, 0.1) is 17.5 Å². The highest BCUT2D eigenvalue weighted by molar-refractivity contribution is 5.93. The van der Waals surface area contributed by atoms with E-state index >= 15 is 0 Å². The smallest absolute Gasteiger partial charge is 0.321 e. The molecule has 2 amide bonds. The van der Waals surface area contributed by atoms with Crippen LogP contribution in [0.1, 0.15) is 39.5 Å². The number of amides is 2. The molecule has 0 aliphatic carbocycles. The van der Waals surface area contributed by atoms with Crippen LogP contribution in [0.15, 0.2) is 24.3 Å². The minimum absolute atomic E-state index is 0.0110. The molecule has 1 aliphatic rings. The molecule has 5 heteroatoms. The van der Waals surface area contributed by atoms with Gasteiger partial charge < -0.3 is 19.9 Å². The second kappa shape index (κ2) is 9.52. The maximum Gasteiger partial charge on any atom is 0.321 e. The summed E-state index contributed by atoms with van der Waals surface area (Å²) in [7, 11) is 2.03. The number of nitrogens with one attached hydrogen (secondary N) is 1. The first-order valence-electron chi connectivity index (χ1n) is 9.13. The van der Waals surface area contributed by atoms with Crippen LogP contribution in [0.25, 0.3) is 0 Å². The fraction of sp³-hybridized carbons (Fsp3) is 0.632. The molecule has 0 radical (unpaired) electrons. The van der Waals surface area contributed by atoms with Crippen LogP contribution in [-0.4, -0.2) is 50.3 Å². The highest BCUT2D eigenvalue weighted by Crippen LogP contribution is 2.25. The molecular weight excluding hydrogens is 302 g/mol. The molecule has 1 saturated heterocycles. The molecular formula is C19H31N3O2. The van der Waals surface area contributed by atoms with Crippen LogP contribution in [0.3, 0.4) is 0 Å². The molecule has 1 unspecified atom stereocenters. The Labute approximate surface area is 146 Å². The predicted octanol–water partition coefficient (Wildman–Crippen LogP) is 3.96. The molecule has 5 nitrogen and oxygen atoms in total. The van der Waals surface area contributed by atoms with Gasteiger partial charge in [-0.25, -0.2) is 4.79 Å². The zero-order chi connectivity index (χ0) is 17.4. The maximum absolute atomic E-state index is 12.7. The Morgan fingerprint density at radius 1 is 1.29 bits per heavy atom. The van der Waals surface area contributed by atoms with Crippen molar-refractivity contribution in [2.45, 2.75) is 45.6 Å². The molecule has 1 atom stereocenters. The summed E-state index contributed by atoms with van der Waals surface area (Å²) in [5.74, 6) is 0. The Hall–Kier alpha value is -1.75. The van der Waals surface area contributed by atoms with Crippen molar-refractivity contribution in [2.24, 2.45) is 0 Å². The van der Waals surface area contributed by atoms with E-state index in [0.717, 1.165) is 63.3 Å². The Bertz CT molecular complexity index is 521. The van der Waals surface area contributed by atoms with Crippen molar-refractivity contribution in [1.29, 1.82) is 0 Å². The number of para-hydroxylation sites is 2. The van der Waals surface area contributed by atoms with E-state index in [9.17, 15) is 4.79 Å². The molecule has 1 aromatic carbocycles. The van der Waals surface area contributed by atoms with Gasteiger partial charge in [0.1, 0.15) is 0 Å². The topological polar surface area (TPSA) is 44.8 Å². The average molecular weight is 333 g/mol. The van der Waals surface area contributed by atoms with Crippen LogP contribution in [0.4, 0.5) is 16.2 Å². The van der Waals surface area contributed by atoms with E-state index in [-0.39, 0.29) is 6.03 Å². The SMILES string of the molecule is CCCOC1CCCN(C(=O)Nc2ccccc2N(C)CC)CC1. The highest BCUT2D eigenvalue weighted by atomic mass is 16.5. The van der Waals surface area contributed by atoms with Crippen LogP contribution in [0.2, 0.25) is 0 Å². The molecule has 24 heavy (non-hydrogen) atoms. The average Bonchev–Trinajstić information content (AvgIpc) is 2.85. The molecule has 134 valence electrons. The van der Waals surface area contributed by atoms with Crippen molar-refractivity contribution < 1.29 is 9.53 Å². The number of urea groups is 1. The van der Waals surface area contributed by atoms with Crippen molar-refractivity contribution >= 4 is 17.4 Å². The van der Waals surface area contributed by atoms with Gasteiger partial charge in [-0.2, -0.15) is 0 Å². The lowest BCUT2D eigenvalue weighted by atomic mass is 10.2. The van der Waals surface area contributed by atoms with E-state index in [2.05, 4.69) is 24.1 Å². The summed E-state index contributed by atoms with van der Waals surface area (Å²) < 4.78 is 5.86. The molecule has 1 fully saturated rings. The molecule has 0 aromatic heterocycles. The fourth-order valence-corrected chi connectivity index (χ4v) is 3.00. The van der Waals surface area contributed by atoms with Gasteiger partial charge >= 0.3 is 6.03 Å². The zero-order valence-corrected chi connectivity index (χ0v) is 15.3. The van der Waals surface area contributed by atoms with Gasteiger partial charge in [-0.1, -0.05) is 19.1 Å². The van der Waals surface area contributed by atoms with Crippen molar-refractivity contribution in [3.05, 3.63) is 24.3 Å². The monoisotopic (exact) mass is 333 g/mol. The van der Waals surface area contributed by atoms with Crippen molar-refractivity contribution in [2.75, 3.05) is 43.5 Å². The first-order chi connectivity index (χ1) is 11.7. The fourth-order valence-electron chi connectivity index (χ4n) is 3.00. The number of nitrogens with zero attached hydrogens (tertiary/aromatic N) is 2. The summed E-state index contributed by atoms with van der Waals surface area (Å²) in [5, 5.41) is 3.09. The highest BCUT2D eigenvalue weighted by Gasteiger charge is 2.21. The number of carbonyl (C=O) groups excluding carboxylic acids is 1. The van der Waals surface area contributed by atoms with Gasteiger partial charge in [0.2, 0.25) is 0 Å². The first kappa shape index (κ1) is 18.6. The van der Waals surface area contributed by atoms with E-state index in [1.54, 1.807) is 0 Å². The van der Waals surface area contributed by atoms with E-state index in [1.807, 2.05) is 36.2 Å². The lowest BCUT2D eigenvalue weighted by Gasteiger charge is -2.24. The number of likely N-dealkylation sites (tertiary alicyclic amines) is 1. The third-order valence-corrected chi connectivity index (χ3v) is 4.55. The quantitative estimate of drug-likeness (QED) is 0.857. The zero-order valence-electron chi connectivity index (χ0n) is 15.3. The normalized spacial score (nSPS) is 18.1. The molecule has 2 rings (SSSR count). The largest absolute Gasteiger partial charge is 0.378 e. The minimum atomic E-state index is -0.0110. The van der Waals surface area contributed by atoms with Crippen LogP contribution in [-0.2, 0) is 4.74 Å². The van der Waals surface area contributed by atoms with Gasteiger partial charge in [-0.05, 0) is 44.7 Å². The molecule has 1 aromatic rings. The van der Waals surface area contributed by atoms with Crippen LogP contribution in [0.5, 0.6) is 0 Å². The number of hydrogen-bond acceptors (Lipinski definition) is 3. The van der Waals surface area contributed by atoms with E-state index < -0.39 is 0 Å². The lowest BCUT2D eigenvalue weighted by Crippen LogP contribution is -2.36. The van der Waals surface area contributed by atoms with Gasteiger partial charge in [0.15, 0.2) is 0 Å². The van der Waals surface area contributed by atoms with Crippen molar-refractivity contribution in [3.63, 3.8) is 0 Å². The van der Waals surface area contributed by atoms with E-state index in [4.69, 9.17) is 4.74 Å². The van der Waals surface area contributed by atoms with Gasteiger partial charge in [0.25, 0.3) is 0 Å². The summed E-state index contributed by atoms with van der Waals surface area (Å²) >= 11 is 0. The van der Waals surface area contributed by atoms with Gasteiger partial charge in [-0.15, -0.1) is 0 Å². The van der Waals surface area contributed by atoms with Crippen LogP contribution in [0, 0.1) is 0 Å².